The molecule has 3 aromatic rings. The Bertz CT molecular complexity index is 757. The number of nitrogens with zero attached hydrogens (tertiary/aromatic N) is 1. The summed E-state index contributed by atoms with van der Waals surface area (Å²) in [5.41, 5.74) is 6.24. The molecule has 0 aliphatic rings. The molecule has 4 nitrogen and oxygen atoms in total. The van der Waals surface area contributed by atoms with Crippen molar-refractivity contribution >= 4 is 54.0 Å². The van der Waals surface area contributed by atoms with Crippen molar-refractivity contribution in [1.82, 2.24) is 4.37 Å². The molecule has 0 aromatic carbocycles. The summed E-state index contributed by atoms with van der Waals surface area (Å²) in [6.45, 7) is 0.547. The maximum atomic E-state index is 12.6. The fraction of sp³-hybridized carbons (Fsp3) is 0.308. The van der Waals surface area contributed by atoms with Gasteiger partial charge in [0, 0.05) is 11.3 Å². The van der Waals surface area contributed by atoms with Crippen LogP contribution in [0.5, 0.6) is 0 Å². The Kier molecular flexibility index (Phi) is 4.76. The number of anilines is 1. The van der Waals surface area contributed by atoms with Gasteiger partial charge in [-0.3, -0.25) is 0 Å². The number of halogens is 3. The molecule has 0 spiro atoms. The van der Waals surface area contributed by atoms with Gasteiger partial charge in [-0.2, -0.15) is 4.37 Å². The van der Waals surface area contributed by atoms with E-state index < -0.39 is 12.5 Å². The van der Waals surface area contributed by atoms with Crippen LogP contribution in [-0.2, 0) is 13.0 Å². The highest BCUT2D eigenvalue weighted by Crippen LogP contribution is 2.42. The number of fused-ring (bicyclic) bond motifs is 1. The zero-order valence-electron chi connectivity index (χ0n) is 11.2. The van der Waals surface area contributed by atoms with Crippen LogP contribution in [0.4, 0.5) is 13.8 Å². The lowest BCUT2D eigenvalue weighted by Gasteiger charge is -2.08. The monoisotopic (exact) mass is 407 g/mol. The van der Waals surface area contributed by atoms with Crippen LogP contribution in [0.2, 0.25) is 0 Å². The van der Waals surface area contributed by atoms with Crippen LogP contribution in [0.25, 0.3) is 10.2 Å². The Balaban J connectivity index is 1.81. The lowest BCUT2D eigenvalue weighted by molar-refractivity contribution is 0.116. The van der Waals surface area contributed by atoms with Crippen LogP contribution >= 0.6 is 38.8 Å². The molecular weight excluding hydrogens is 396 g/mol. The first-order chi connectivity index (χ1) is 10.6. The van der Waals surface area contributed by atoms with E-state index in [9.17, 15) is 8.78 Å². The molecule has 0 unspecified atom stereocenters. The Morgan fingerprint density at radius 3 is 2.95 bits per heavy atom. The zero-order valence-corrected chi connectivity index (χ0v) is 14.4. The van der Waals surface area contributed by atoms with Crippen molar-refractivity contribution in [2.45, 2.75) is 25.4 Å². The second-order valence-electron chi connectivity index (χ2n) is 4.66. The molecule has 0 aliphatic heterocycles. The standard InChI is InChI=1S/C13H12BrF2N3OS2/c14-9-8(4-7(17)12(15)16)21-11-10(9)19-22-13(11)18-5-6-2-1-3-20-6/h1-3,7,12,18H,4-5,17H2/t7-/m1/s1. The molecule has 0 bridgehead atoms. The van der Waals surface area contributed by atoms with Gasteiger partial charge in [0.05, 0.1) is 28.0 Å². The molecule has 0 aliphatic carbocycles. The Hall–Kier alpha value is -1.03. The van der Waals surface area contributed by atoms with Gasteiger partial charge in [-0.15, -0.1) is 11.3 Å². The molecule has 1 atom stereocenters. The molecule has 22 heavy (non-hydrogen) atoms. The molecule has 0 saturated heterocycles. The van der Waals surface area contributed by atoms with Crippen LogP contribution in [-0.4, -0.2) is 16.8 Å². The summed E-state index contributed by atoms with van der Waals surface area (Å²) in [5.74, 6) is 0.817. The van der Waals surface area contributed by atoms with E-state index >= 15 is 0 Å². The maximum Gasteiger partial charge on any atom is 0.253 e. The van der Waals surface area contributed by atoms with E-state index in [0.717, 1.165) is 30.3 Å². The van der Waals surface area contributed by atoms with Crippen LogP contribution in [0.15, 0.2) is 27.3 Å². The summed E-state index contributed by atoms with van der Waals surface area (Å²) in [6, 6.07) is 2.54. The van der Waals surface area contributed by atoms with E-state index in [1.165, 1.54) is 22.9 Å². The summed E-state index contributed by atoms with van der Waals surface area (Å²) >= 11 is 6.21. The number of aromatic nitrogens is 1. The van der Waals surface area contributed by atoms with Crippen LogP contribution in [0.3, 0.4) is 0 Å². The van der Waals surface area contributed by atoms with Gasteiger partial charge in [0.2, 0.25) is 0 Å². The summed E-state index contributed by atoms with van der Waals surface area (Å²) in [7, 11) is 0. The molecule has 0 amide bonds. The normalized spacial score (nSPS) is 13.1. The average Bonchev–Trinajstić information content (AvgIpc) is 3.17. The van der Waals surface area contributed by atoms with Crippen molar-refractivity contribution in [3.63, 3.8) is 0 Å². The van der Waals surface area contributed by atoms with Crippen molar-refractivity contribution in [3.8, 4) is 0 Å². The van der Waals surface area contributed by atoms with Gasteiger partial charge >= 0.3 is 0 Å². The van der Waals surface area contributed by atoms with E-state index in [-0.39, 0.29) is 6.42 Å². The topological polar surface area (TPSA) is 64.1 Å². The highest BCUT2D eigenvalue weighted by atomic mass is 79.9. The lowest BCUT2D eigenvalue weighted by Crippen LogP contribution is -2.30. The van der Waals surface area contributed by atoms with Gasteiger partial charge in [0.1, 0.15) is 16.3 Å². The molecule has 0 saturated carbocycles. The number of nitrogens with one attached hydrogen (secondary N) is 1. The molecule has 3 aromatic heterocycles. The number of furan rings is 1. The Morgan fingerprint density at radius 1 is 1.45 bits per heavy atom. The smallest absolute Gasteiger partial charge is 0.253 e. The number of hydrogen-bond acceptors (Lipinski definition) is 6. The number of alkyl halides is 2. The maximum absolute atomic E-state index is 12.6. The lowest BCUT2D eigenvalue weighted by atomic mass is 10.2. The van der Waals surface area contributed by atoms with Crippen LogP contribution < -0.4 is 11.1 Å². The number of thiophene rings is 1. The fourth-order valence-corrected chi connectivity index (χ4v) is 4.98. The average molecular weight is 408 g/mol. The number of rotatable bonds is 6. The molecule has 9 heteroatoms. The van der Waals surface area contributed by atoms with E-state index in [2.05, 4.69) is 25.6 Å². The Morgan fingerprint density at radius 2 is 2.27 bits per heavy atom. The third-order valence-electron chi connectivity index (χ3n) is 3.08. The van der Waals surface area contributed by atoms with Crippen LogP contribution in [0, 0.1) is 0 Å². The molecule has 3 heterocycles. The van der Waals surface area contributed by atoms with Crippen molar-refractivity contribution in [2.75, 3.05) is 5.32 Å². The number of nitrogens with two attached hydrogens (primary N) is 1. The summed E-state index contributed by atoms with van der Waals surface area (Å²) in [6.07, 6.45) is -0.789. The molecule has 3 N–H and O–H groups in total. The highest BCUT2D eigenvalue weighted by molar-refractivity contribution is 9.10. The van der Waals surface area contributed by atoms with Gasteiger partial charge in [0.15, 0.2) is 0 Å². The van der Waals surface area contributed by atoms with E-state index in [0.29, 0.717) is 6.54 Å². The van der Waals surface area contributed by atoms with Gasteiger partial charge in [-0.1, -0.05) is 0 Å². The first-order valence-electron chi connectivity index (χ1n) is 6.42. The van der Waals surface area contributed by atoms with Crippen molar-refractivity contribution in [3.05, 3.63) is 33.5 Å². The zero-order chi connectivity index (χ0) is 15.7. The van der Waals surface area contributed by atoms with Gasteiger partial charge < -0.3 is 15.5 Å². The molecule has 118 valence electrons. The minimum atomic E-state index is -2.53. The van der Waals surface area contributed by atoms with Crippen molar-refractivity contribution in [2.24, 2.45) is 5.73 Å². The highest BCUT2D eigenvalue weighted by Gasteiger charge is 2.22. The van der Waals surface area contributed by atoms with Gasteiger partial charge in [-0.05, 0) is 39.6 Å². The predicted octanol–water partition coefficient (Wildman–Crippen LogP) is 4.46. The second kappa shape index (κ2) is 6.61. The largest absolute Gasteiger partial charge is 0.467 e. The molecular formula is C13H12BrF2N3OS2. The van der Waals surface area contributed by atoms with Crippen LogP contribution in [0.1, 0.15) is 10.6 Å². The second-order valence-corrected chi connectivity index (χ2v) is 7.34. The van der Waals surface area contributed by atoms with E-state index in [4.69, 9.17) is 10.2 Å². The van der Waals surface area contributed by atoms with Gasteiger partial charge in [0.25, 0.3) is 6.43 Å². The summed E-state index contributed by atoms with van der Waals surface area (Å²) in [4.78, 5) is 0.791. The minimum Gasteiger partial charge on any atom is -0.467 e. The van der Waals surface area contributed by atoms with E-state index in [1.54, 1.807) is 6.26 Å². The van der Waals surface area contributed by atoms with Gasteiger partial charge in [-0.25, -0.2) is 8.78 Å². The SMILES string of the molecule is N[C@H](Cc1sc2c(NCc3ccco3)snc2c1Br)C(F)F. The van der Waals surface area contributed by atoms with Crippen molar-refractivity contribution in [1.29, 1.82) is 0 Å². The molecule has 0 fully saturated rings. The first kappa shape index (κ1) is 15.9. The summed E-state index contributed by atoms with van der Waals surface area (Å²) in [5, 5.41) is 4.16. The Labute approximate surface area is 141 Å². The third-order valence-corrected chi connectivity index (χ3v) is 6.35. The fourth-order valence-electron chi connectivity index (χ4n) is 1.94. The molecule has 3 rings (SSSR count). The first-order valence-corrected chi connectivity index (χ1v) is 8.81. The predicted molar refractivity (Wildman–Crippen MR) is 88.9 cm³/mol. The quantitative estimate of drug-likeness (QED) is 0.632. The minimum absolute atomic E-state index is 0.127. The van der Waals surface area contributed by atoms with E-state index in [1.807, 2.05) is 12.1 Å². The van der Waals surface area contributed by atoms with Crippen molar-refractivity contribution < 1.29 is 13.2 Å². The summed E-state index contributed by atoms with van der Waals surface area (Å²) < 4.78 is 36.6. The third kappa shape index (κ3) is 3.17. The molecule has 0 radical (unpaired) electrons. The number of hydrogen-bond donors (Lipinski definition) is 2.